The average Bonchev–Trinajstić information content (AvgIpc) is 3.21. The van der Waals surface area contributed by atoms with Gasteiger partial charge in [0.1, 0.15) is 17.6 Å². The Hall–Kier alpha value is -4.01. The van der Waals surface area contributed by atoms with Crippen molar-refractivity contribution >= 4 is 22.8 Å². The highest BCUT2D eigenvalue weighted by molar-refractivity contribution is 5.92. The summed E-state index contributed by atoms with van der Waals surface area (Å²) in [4.78, 5) is 33.9. The summed E-state index contributed by atoms with van der Waals surface area (Å²) in [6, 6.07) is 13.8. The topological polar surface area (TPSA) is 115 Å². The number of carbonyl (C=O) groups excluding carboxylic acids is 1. The number of aromatic amines is 1. The van der Waals surface area contributed by atoms with Crippen LogP contribution in [-0.2, 0) is 11.2 Å². The first-order valence-corrected chi connectivity index (χ1v) is 9.36. The van der Waals surface area contributed by atoms with Crippen LogP contribution in [0.15, 0.2) is 59.7 Å². The molecule has 9 nitrogen and oxygen atoms in total. The van der Waals surface area contributed by atoms with Crippen molar-refractivity contribution in [1.29, 1.82) is 0 Å². The molecule has 1 atom stereocenters. The Balaban J connectivity index is 1.46. The predicted molar refractivity (Wildman–Crippen MR) is 112 cm³/mol. The lowest BCUT2D eigenvalue weighted by Gasteiger charge is -2.13. The Morgan fingerprint density at radius 3 is 2.73 bits per heavy atom. The number of methoxy groups -OCH3 is 1. The number of fused-ring (bicyclic) bond motifs is 1. The zero-order valence-corrected chi connectivity index (χ0v) is 16.5. The molecule has 0 saturated carbocycles. The molecule has 9 heteroatoms. The van der Waals surface area contributed by atoms with Gasteiger partial charge in [-0.15, -0.1) is 5.10 Å². The third-order valence-electron chi connectivity index (χ3n) is 4.78. The zero-order chi connectivity index (χ0) is 21.1. The quantitative estimate of drug-likeness (QED) is 0.510. The fourth-order valence-electron chi connectivity index (χ4n) is 3.07. The van der Waals surface area contributed by atoms with Crippen LogP contribution in [0.4, 0.5) is 5.95 Å². The minimum absolute atomic E-state index is 0.150. The van der Waals surface area contributed by atoms with E-state index in [9.17, 15) is 9.59 Å². The molecule has 0 saturated heterocycles. The molecule has 2 heterocycles. The van der Waals surface area contributed by atoms with E-state index in [1.807, 2.05) is 30.3 Å². The lowest BCUT2D eigenvalue weighted by atomic mass is 10.1. The maximum Gasteiger partial charge on any atom is 0.261 e. The van der Waals surface area contributed by atoms with Crippen LogP contribution in [0, 0.1) is 0 Å². The van der Waals surface area contributed by atoms with Gasteiger partial charge >= 0.3 is 0 Å². The van der Waals surface area contributed by atoms with Crippen molar-refractivity contribution in [1.82, 2.24) is 24.7 Å². The number of nitrogens with one attached hydrogen (secondary N) is 2. The van der Waals surface area contributed by atoms with Crippen molar-refractivity contribution in [3.8, 4) is 5.75 Å². The van der Waals surface area contributed by atoms with Gasteiger partial charge in [-0.3, -0.25) is 24.6 Å². The largest absolute Gasteiger partial charge is 0.497 e. The minimum atomic E-state index is -0.779. The Morgan fingerprint density at radius 1 is 1.20 bits per heavy atom. The van der Waals surface area contributed by atoms with E-state index < -0.39 is 11.9 Å². The van der Waals surface area contributed by atoms with E-state index in [4.69, 9.17) is 4.74 Å². The van der Waals surface area contributed by atoms with Crippen LogP contribution in [0.25, 0.3) is 10.9 Å². The highest BCUT2D eigenvalue weighted by Crippen LogP contribution is 2.14. The molecular weight excluding hydrogens is 384 g/mol. The standard InChI is InChI=1S/C21H20N6O3/c1-13(27-12-22-17-6-4-3-5-16(17)20(27)29)19(28)24-21-23-18(25-26-21)11-14-7-9-15(30-2)10-8-14/h3-10,12-13H,11H2,1-2H3,(H2,23,24,25,26,28)/t13-/m1/s1. The number of para-hydroxylation sites is 1. The lowest BCUT2D eigenvalue weighted by molar-refractivity contribution is -0.118. The Morgan fingerprint density at radius 2 is 1.97 bits per heavy atom. The number of hydrogen-bond acceptors (Lipinski definition) is 6. The number of nitrogens with zero attached hydrogens (tertiary/aromatic N) is 4. The lowest BCUT2D eigenvalue weighted by Crippen LogP contribution is -2.32. The second kappa shape index (κ2) is 8.16. The molecule has 2 N–H and O–H groups in total. The third-order valence-corrected chi connectivity index (χ3v) is 4.78. The first-order chi connectivity index (χ1) is 14.5. The predicted octanol–water partition coefficient (Wildman–Crippen LogP) is 2.31. The van der Waals surface area contributed by atoms with E-state index in [-0.39, 0.29) is 11.5 Å². The molecule has 0 fully saturated rings. The molecule has 0 aliphatic carbocycles. The fourth-order valence-corrected chi connectivity index (χ4v) is 3.07. The molecule has 0 bridgehead atoms. The van der Waals surface area contributed by atoms with Crippen molar-refractivity contribution in [2.75, 3.05) is 12.4 Å². The molecule has 0 radical (unpaired) electrons. The van der Waals surface area contributed by atoms with Crippen LogP contribution in [0.3, 0.4) is 0 Å². The number of anilines is 1. The summed E-state index contributed by atoms with van der Waals surface area (Å²) in [6.45, 7) is 1.62. The normalized spacial score (nSPS) is 11.9. The van der Waals surface area contributed by atoms with Crippen molar-refractivity contribution in [3.05, 3.63) is 76.6 Å². The van der Waals surface area contributed by atoms with E-state index in [1.54, 1.807) is 32.2 Å². The smallest absolute Gasteiger partial charge is 0.261 e. The summed E-state index contributed by atoms with van der Waals surface area (Å²) in [5.74, 6) is 1.12. The number of amides is 1. The molecule has 0 aliphatic rings. The number of benzene rings is 2. The Labute approximate surface area is 171 Å². The van der Waals surface area contributed by atoms with Crippen LogP contribution >= 0.6 is 0 Å². The highest BCUT2D eigenvalue weighted by Gasteiger charge is 2.19. The first-order valence-electron chi connectivity index (χ1n) is 9.36. The number of H-pyrrole nitrogens is 1. The van der Waals surface area contributed by atoms with Crippen molar-refractivity contribution in [2.45, 2.75) is 19.4 Å². The number of carbonyl (C=O) groups is 1. The minimum Gasteiger partial charge on any atom is -0.497 e. The van der Waals surface area contributed by atoms with Gasteiger partial charge in [0.05, 0.1) is 24.3 Å². The molecule has 0 unspecified atom stereocenters. The number of hydrogen-bond donors (Lipinski definition) is 2. The molecule has 1 amide bonds. The summed E-state index contributed by atoms with van der Waals surface area (Å²) in [5, 5.41) is 9.95. The molecule has 152 valence electrons. The monoisotopic (exact) mass is 404 g/mol. The third kappa shape index (κ3) is 3.90. The van der Waals surface area contributed by atoms with Gasteiger partial charge in [0.15, 0.2) is 0 Å². The summed E-state index contributed by atoms with van der Waals surface area (Å²) in [6.07, 6.45) is 1.90. The maximum absolute atomic E-state index is 12.7. The Kier molecular flexibility index (Phi) is 5.25. The van der Waals surface area contributed by atoms with Crippen molar-refractivity contribution < 1.29 is 9.53 Å². The summed E-state index contributed by atoms with van der Waals surface area (Å²) >= 11 is 0. The second-order valence-corrected chi connectivity index (χ2v) is 6.77. The molecule has 30 heavy (non-hydrogen) atoms. The Bertz CT molecular complexity index is 1250. The van der Waals surface area contributed by atoms with Gasteiger partial charge in [0.2, 0.25) is 11.9 Å². The van der Waals surface area contributed by atoms with Gasteiger partial charge in [-0.1, -0.05) is 24.3 Å². The van der Waals surface area contributed by atoms with Crippen LogP contribution in [0.1, 0.15) is 24.4 Å². The van der Waals surface area contributed by atoms with E-state index in [0.29, 0.717) is 23.1 Å². The average molecular weight is 404 g/mol. The number of ether oxygens (including phenoxy) is 1. The molecular formula is C21H20N6O3. The highest BCUT2D eigenvalue weighted by atomic mass is 16.5. The van der Waals surface area contributed by atoms with E-state index >= 15 is 0 Å². The van der Waals surface area contributed by atoms with Crippen molar-refractivity contribution in [2.24, 2.45) is 0 Å². The SMILES string of the molecule is COc1ccc(Cc2nc(NC(=O)[C@@H](C)n3cnc4ccccc4c3=O)n[nH]2)cc1. The van der Waals surface area contributed by atoms with Gasteiger partial charge in [-0.2, -0.15) is 4.98 Å². The van der Waals surface area contributed by atoms with Crippen molar-refractivity contribution in [3.63, 3.8) is 0 Å². The summed E-state index contributed by atoms with van der Waals surface area (Å²) in [5.41, 5.74) is 1.33. The molecule has 0 aliphatic heterocycles. The molecule has 2 aromatic heterocycles. The van der Waals surface area contributed by atoms with Crippen LogP contribution in [0.5, 0.6) is 5.75 Å². The van der Waals surface area contributed by atoms with Gasteiger partial charge in [-0.25, -0.2) is 4.98 Å². The first kappa shape index (κ1) is 19.3. The van der Waals surface area contributed by atoms with Crippen LogP contribution < -0.4 is 15.6 Å². The summed E-state index contributed by atoms with van der Waals surface area (Å²) in [7, 11) is 1.61. The summed E-state index contributed by atoms with van der Waals surface area (Å²) < 4.78 is 6.44. The van der Waals surface area contributed by atoms with Crippen LogP contribution in [0.2, 0.25) is 0 Å². The maximum atomic E-state index is 12.7. The van der Waals surface area contributed by atoms with Crippen LogP contribution in [-0.4, -0.2) is 37.7 Å². The number of aromatic nitrogens is 5. The van der Waals surface area contributed by atoms with Gasteiger partial charge < -0.3 is 4.74 Å². The second-order valence-electron chi connectivity index (χ2n) is 6.77. The molecule has 4 rings (SSSR count). The van der Waals surface area contributed by atoms with Gasteiger partial charge in [0, 0.05) is 6.42 Å². The molecule has 2 aromatic carbocycles. The van der Waals surface area contributed by atoms with E-state index in [0.717, 1.165) is 11.3 Å². The fraction of sp³-hybridized carbons (Fsp3) is 0.190. The zero-order valence-electron chi connectivity index (χ0n) is 16.5. The number of rotatable bonds is 6. The van der Waals surface area contributed by atoms with E-state index in [2.05, 4.69) is 25.5 Å². The molecule has 0 spiro atoms. The van der Waals surface area contributed by atoms with E-state index in [1.165, 1.54) is 10.9 Å². The molecule has 4 aromatic rings. The van der Waals surface area contributed by atoms with Gasteiger partial charge in [0.25, 0.3) is 5.56 Å². The van der Waals surface area contributed by atoms with Gasteiger partial charge in [-0.05, 0) is 36.8 Å².